The average Bonchev–Trinajstić information content (AvgIpc) is 2.33. The van der Waals surface area contributed by atoms with Crippen molar-refractivity contribution in [3.8, 4) is 5.75 Å². The van der Waals surface area contributed by atoms with Crippen LogP contribution in [0.1, 0.15) is 25.3 Å². The molecule has 0 aliphatic carbocycles. The summed E-state index contributed by atoms with van der Waals surface area (Å²) < 4.78 is 56.3. The maximum atomic E-state index is 13.8. The monoisotopic (exact) mass is 287 g/mol. The van der Waals surface area contributed by atoms with E-state index in [1.807, 2.05) is 0 Å². The quantitative estimate of drug-likeness (QED) is 0.669. The molecule has 2 rings (SSSR count). The Morgan fingerprint density at radius 1 is 1.10 bits per heavy atom. The summed E-state index contributed by atoms with van der Waals surface area (Å²) in [5.74, 6) is -3.58. The van der Waals surface area contributed by atoms with Crippen molar-refractivity contribution in [3.63, 3.8) is 0 Å². The molecule has 0 aromatic heterocycles. The lowest BCUT2D eigenvalue weighted by molar-refractivity contribution is -0.0514. The van der Waals surface area contributed by atoms with Gasteiger partial charge in [0.15, 0.2) is 11.6 Å². The van der Waals surface area contributed by atoms with Crippen LogP contribution in [0.3, 0.4) is 0 Å². The minimum Gasteiger partial charge on any atom is -0.431 e. The molecule has 2 N–H and O–H groups in total. The molecule has 0 amide bonds. The lowest BCUT2D eigenvalue weighted by Crippen LogP contribution is -2.07. The van der Waals surface area contributed by atoms with Gasteiger partial charge in [0.05, 0.1) is 0 Å². The Bertz CT molecular complexity index is 655. The van der Waals surface area contributed by atoms with Crippen molar-refractivity contribution in [1.82, 2.24) is 0 Å². The summed E-state index contributed by atoms with van der Waals surface area (Å²) in [6, 6.07) is 3.86. The highest BCUT2D eigenvalue weighted by molar-refractivity contribution is 5.94. The Kier molecular flexibility index (Phi) is 3.74. The maximum Gasteiger partial charge on any atom is 0.387 e. The van der Waals surface area contributed by atoms with Gasteiger partial charge in [0.1, 0.15) is 0 Å². The Morgan fingerprint density at radius 3 is 2.30 bits per heavy atom. The molecule has 20 heavy (non-hydrogen) atoms. The number of hydrogen-bond donors (Lipinski definition) is 1. The van der Waals surface area contributed by atoms with Gasteiger partial charge in [-0.1, -0.05) is 13.8 Å². The topological polar surface area (TPSA) is 35.2 Å². The van der Waals surface area contributed by atoms with Gasteiger partial charge in [-0.3, -0.25) is 0 Å². The van der Waals surface area contributed by atoms with Crippen molar-refractivity contribution < 1.29 is 22.3 Å². The highest BCUT2D eigenvalue weighted by Crippen LogP contribution is 2.38. The molecule has 2 nitrogen and oxygen atoms in total. The molecule has 2 aromatic rings. The van der Waals surface area contributed by atoms with Gasteiger partial charge in [0, 0.05) is 11.1 Å². The number of anilines is 1. The summed E-state index contributed by atoms with van der Waals surface area (Å²) in [6.45, 7) is 0.343. The second kappa shape index (κ2) is 5.19. The predicted molar refractivity (Wildman–Crippen MR) is 69.0 cm³/mol. The largest absolute Gasteiger partial charge is 0.431 e. The van der Waals surface area contributed by atoms with Crippen molar-refractivity contribution >= 4 is 16.5 Å². The predicted octanol–water partition coefficient (Wildman–Crippen LogP) is 4.43. The van der Waals surface area contributed by atoms with Gasteiger partial charge in [0.25, 0.3) is 0 Å². The van der Waals surface area contributed by atoms with E-state index in [0.29, 0.717) is 11.3 Å². The molecular weight excluding hydrogens is 274 g/mol. The molecule has 0 fully saturated rings. The van der Waals surface area contributed by atoms with Crippen molar-refractivity contribution in [2.75, 3.05) is 5.73 Å². The van der Waals surface area contributed by atoms with Crippen LogP contribution in [0, 0.1) is 11.6 Å². The average molecular weight is 287 g/mol. The van der Waals surface area contributed by atoms with Gasteiger partial charge in [-0.2, -0.15) is 13.2 Å². The number of rotatable bonds is 3. The van der Waals surface area contributed by atoms with Crippen LogP contribution >= 0.6 is 0 Å². The smallest absolute Gasteiger partial charge is 0.387 e. The van der Waals surface area contributed by atoms with Crippen LogP contribution in [-0.2, 0) is 0 Å². The number of nitrogen functional groups attached to an aromatic ring is 1. The molecule has 0 saturated heterocycles. The van der Waals surface area contributed by atoms with Gasteiger partial charge in [0.2, 0.25) is 5.82 Å². The number of halogens is 4. The summed E-state index contributed by atoms with van der Waals surface area (Å²) in [4.78, 5) is 0. The minimum absolute atomic E-state index is 0.119. The summed E-state index contributed by atoms with van der Waals surface area (Å²) in [7, 11) is 0. The normalized spacial score (nSPS) is 11.6. The van der Waals surface area contributed by atoms with E-state index in [1.54, 1.807) is 19.9 Å². The van der Waals surface area contributed by atoms with E-state index >= 15 is 0 Å². The van der Waals surface area contributed by atoms with Crippen LogP contribution in [0.2, 0.25) is 0 Å². The van der Waals surface area contributed by atoms with Crippen LogP contribution in [0.15, 0.2) is 18.2 Å². The number of ether oxygens (including phenoxy) is 1. The first-order chi connectivity index (χ1) is 9.31. The molecule has 0 heterocycles. The van der Waals surface area contributed by atoms with Crippen LogP contribution in [0.25, 0.3) is 10.8 Å². The molecule has 0 spiro atoms. The van der Waals surface area contributed by atoms with E-state index in [2.05, 4.69) is 4.74 Å². The van der Waals surface area contributed by atoms with E-state index in [-0.39, 0.29) is 16.7 Å². The number of hydrogen-bond acceptors (Lipinski definition) is 2. The third-order valence-corrected chi connectivity index (χ3v) is 2.97. The fraction of sp³-hybridized carbons (Fsp3) is 0.286. The van der Waals surface area contributed by atoms with E-state index in [4.69, 9.17) is 5.73 Å². The van der Waals surface area contributed by atoms with Crippen LogP contribution in [0.5, 0.6) is 5.75 Å². The van der Waals surface area contributed by atoms with Crippen LogP contribution < -0.4 is 10.5 Å². The second-order valence-corrected chi connectivity index (χ2v) is 4.74. The minimum atomic E-state index is -3.24. The first-order valence-corrected chi connectivity index (χ1v) is 5.97. The molecule has 6 heteroatoms. The van der Waals surface area contributed by atoms with Gasteiger partial charge in [-0.05, 0) is 35.1 Å². The zero-order chi connectivity index (χ0) is 15.0. The Labute approximate surface area is 113 Å². The van der Waals surface area contributed by atoms with Crippen molar-refractivity contribution in [1.29, 1.82) is 0 Å². The third-order valence-electron chi connectivity index (χ3n) is 2.97. The van der Waals surface area contributed by atoms with Gasteiger partial charge in [-0.25, -0.2) is 4.39 Å². The Balaban J connectivity index is 2.88. The molecule has 0 atom stereocenters. The zero-order valence-electron chi connectivity index (χ0n) is 10.9. The molecular formula is C14H13F4NO. The molecule has 0 unspecified atom stereocenters. The third kappa shape index (κ3) is 2.50. The lowest BCUT2D eigenvalue weighted by atomic mass is 9.94. The zero-order valence-corrected chi connectivity index (χ0v) is 10.9. The second-order valence-electron chi connectivity index (χ2n) is 4.74. The SMILES string of the molecule is CC(C)c1cc(N)cc2cc(F)c(F)c(OC(F)F)c12. The number of alkyl halides is 2. The molecule has 0 aliphatic heterocycles. The molecule has 0 bridgehead atoms. The van der Waals surface area contributed by atoms with Crippen molar-refractivity contribution in [2.45, 2.75) is 26.4 Å². The van der Waals surface area contributed by atoms with E-state index in [9.17, 15) is 17.6 Å². The van der Waals surface area contributed by atoms with Gasteiger partial charge >= 0.3 is 6.61 Å². The van der Waals surface area contributed by atoms with Gasteiger partial charge in [-0.15, -0.1) is 0 Å². The fourth-order valence-electron chi connectivity index (χ4n) is 2.16. The summed E-state index contributed by atoms with van der Waals surface area (Å²) in [5.41, 5.74) is 6.56. The summed E-state index contributed by atoms with van der Waals surface area (Å²) >= 11 is 0. The lowest BCUT2D eigenvalue weighted by Gasteiger charge is -2.16. The van der Waals surface area contributed by atoms with E-state index in [0.717, 1.165) is 6.07 Å². The van der Waals surface area contributed by atoms with Crippen LogP contribution in [0.4, 0.5) is 23.2 Å². The highest BCUT2D eigenvalue weighted by Gasteiger charge is 2.22. The number of fused-ring (bicyclic) bond motifs is 1. The van der Waals surface area contributed by atoms with Crippen molar-refractivity contribution in [2.24, 2.45) is 0 Å². The first kappa shape index (κ1) is 14.4. The van der Waals surface area contributed by atoms with Gasteiger partial charge < -0.3 is 10.5 Å². The highest BCUT2D eigenvalue weighted by atomic mass is 19.3. The first-order valence-electron chi connectivity index (χ1n) is 5.97. The maximum absolute atomic E-state index is 13.8. The fourth-order valence-corrected chi connectivity index (χ4v) is 2.16. The number of benzene rings is 2. The molecule has 108 valence electrons. The molecule has 0 radical (unpaired) electrons. The number of nitrogens with two attached hydrogens (primary N) is 1. The van der Waals surface area contributed by atoms with E-state index in [1.165, 1.54) is 6.07 Å². The molecule has 0 saturated carbocycles. The summed E-state index contributed by atoms with van der Waals surface area (Å²) in [5, 5.41) is 0.344. The van der Waals surface area contributed by atoms with Crippen molar-refractivity contribution in [3.05, 3.63) is 35.4 Å². The standard InChI is InChI=1S/C14H13F4NO/c1-6(2)9-5-8(19)3-7-4-10(15)12(16)13(11(7)9)20-14(17)18/h3-6,14H,19H2,1-2H3. The van der Waals surface area contributed by atoms with E-state index < -0.39 is 24.0 Å². The molecule has 2 aromatic carbocycles. The Hall–Kier alpha value is -1.98. The molecule has 0 aliphatic rings. The Morgan fingerprint density at radius 2 is 1.75 bits per heavy atom. The van der Waals surface area contributed by atoms with Crippen LogP contribution in [-0.4, -0.2) is 6.61 Å². The summed E-state index contributed by atoms with van der Waals surface area (Å²) in [6.07, 6.45) is 0.